The Balaban J connectivity index is 2.44. The van der Waals surface area contributed by atoms with Crippen molar-refractivity contribution in [3.05, 3.63) is 59.7 Å². The van der Waals surface area contributed by atoms with Crippen LogP contribution in [0.1, 0.15) is 38.3 Å². The highest BCUT2D eigenvalue weighted by atomic mass is 32.2. The molecule has 0 aromatic heterocycles. The Hall–Kier alpha value is -3.07. The number of methoxy groups -OCH3 is 1. The molecular weight excluding hydrogens is 454 g/mol. The molecule has 0 aliphatic heterocycles. The lowest BCUT2D eigenvalue weighted by Crippen LogP contribution is -2.53. The zero-order valence-electron chi connectivity index (χ0n) is 20.7. The second-order valence-corrected chi connectivity index (χ2v) is 10.4. The first-order valence-electron chi connectivity index (χ1n) is 11.2. The van der Waals surface area contributed by atoms with Gasteiger partial charge in [0.15, 0.2) is 0 Å². The van der Waals surface area contributed by atoms with E-state index in [1.54, 1.807) is 24.3 Å². The van der Waals surface area contributed by atoms with Gasteiger partial charge in [-0.1, -0.05) is 31.2 Å². The number of nitrogens with zero attached hydrogens (tertiary/aromatic N) is 2. The topological polar surface area (TPSA) is 96.0 Å². The monoisotopic (exact) mass is 489 g/mol. The molecule has 2 rings (SSSR count). The van der Waals surface area contributed by atoms with Crippen LogP contribution >= 0.6 is 0 Å². The molecule has 0 saturated carbocycles. The minimum absolute atomic E-state index is 0.0937. The predicted octanol–water partition coefficient (Wildman–Crippen LogP) is 3.10. The molecule has 0 saturated heterocycles. The van der Waals surface area contributed by atoms with E-state index >= 15 is 0 Å². The maximum atomic E-state index is 13.6. The predicted molar refractivity (Wildman–Crippen MR) is 134 cm³/mol. The maximum Gasteiger partial charge on any atom is 0.244 e. The van der Waals surface area contributed by atoms with Gasteiger partial charge in [-0.3, -0.25) is 13.9 Å². The molecule has 0 fully saturated rings. The van der Waals surface area contributed by atoms with Gasteiger partial charge in [-0.2, -0.15) is 0 Å². The summed E-state index contributed by atoms with van der Waals surface area (Å²) in [5.41, 5.74) is 2.21. The first-order chi connectivity index (χ1) is 16.0. The van der Waals surface area contributed by atoms with Crippen molar-refractivity contribution < 1.29 is 22.7 Å². The molecule has 0 aliphatic rings. The van der Waals surface area contributed by atoms with E-state index in [0.29, 0.717) is 17.9 Å². The molecule has 0 heterocycles. The number of nitrogens with one attached hydrogen (secondary N) is 1. The Bertz CT molecular complexity index is 1080. The third-order valence-corrected chi connectivity index (χ3v) is 6.60. The van der Waals surface area contributed by atoms with Crippen molar-refractivity contribution in [2.45, 2.75) is 52.7 Å². The lowest BCUT2D eigenvalue weighted by atomic mass is 10.1. The van der Waals surface area contributed by atoms with Gasteiger partial charge in [-0.25, -0.2) is 8.42 Å². The van der Waals surface area contributed by atoms with Crippen LogP contribution in [0.2, 0.25) is 0 Å². The Kier molecular flexibility index (Phi) is 9.49. The normalized spacial score (nSPS) is 12.2. The summed E-state index contributed by atoms with van der Waals surface area (Å²) in [5, 5.41) is 2.88. The molecule has 8 nitrogen and oxygen atoms in total. The molecule has 2 aromatic rings. The lowest BCUT2D eigenvalue weighted by molar-refractivity contribution is -0.140. The van der Waals surface area contributed by atoms with Gasteiger partial charge in [0.25, 0.3) is 0 Å². The molecule has 0 spiro atoms. The standard InChI is InChI=1S/C25H35N3O5S/c1-7-23(25(30)26-18(2)3)27(16-20-11-9-8-10-19(20)4)24(29)17-28(34(6,31)32)21-12-14-22(33-5)15-13-21/h8-15,18,23H,7,16-17H2,1-6H3,(H,26,30). The number of ether oxygens (including phenoxy) is 1. The molecule has 34 heavy (non-hydrogen) atoms. The van der Waals surface area contributed by atoms with Crippen molar-refractivity contribution in [3.8, 4) is 5.75 Å². The van der Waals surface area contributed by atoms with Gasteiger partial charge in [0, 0.05) is 12.6 Å². The zero-order valence-corrected chi connectivity index (χ0v) is 21.6. The van der Waals surface area contributed by atoms with Crippen LogP contribution in [0, 0.1) is 6.92 Å². The van der Waals surface area contributed by atoms with Crippen LogP contribution in [0.25, 0.3) is 0 Å². The van der Waals surface area contributed by atoms with Crippen molar-refractivity contribution in [3.63, 3.8) is 0 Å². The Labute approximate surface area is 202 Å². The van der Waals surface area contributed by atoms with Gasteiger partial charge in [0.1, 0.15) is 18.3 Å². The van der Waals surface area contributed by atoms with Gasteiger partial charge in [0.2, 0.25) is 21.8 Å². The molecule has 0 radical (unpaired) electrons. The highest BCUT2D eigenvalue weighted by molar-refractivity contribution is 7.92. The summed E-state index contributed by atoms with van der Waals surface area (Å²) >= 11 is 0. The highest BCUT2D eigenvalue weighted by Crippen LogP contribution is 2.23. The van der Waals surface area contributed by atoms with E-state index in [9.17, 15) is 18.0 Å². The molecule has 1 unspecified atom stereocenters. The van der Waals surface area contributed by atoms with E-state index in [0.717, 1.165) is 21.7 Å². The summed E-state index contributed by atoms with van der Waals surface area (Å²) in [7, 11) is -2.26. The van der Waals surface area contributed by atoms with E-state index in [1.165, 1.54) is 12.0 Å². The number of carbonyl (C=O) groups is 2. The second kappa shape index (κ2) is 11.9. The number of amides is 2. The van der Waals surface area contributed by atoms with Gasteiger partial charge in [-0.05, 0) is 62.6 Å². The Morgan fingerprint density at radius 1 is 1.06 bits per heavy atom. The van der Waals surface area contributed by atoms with Crippen molar-refractivity contribution in [2.75, 3.05) is 24.2 Å². The average Bonchev–Trinajstić information content (AvgIpc) is 2.77. The number of aryl methyl sites for hydroxylation is 1. The van der Waals surface area contributed by atoms with Crippen molar-refractivity contribution >= 4 is 27.5 Å². The van der Waals surface area contributed by atoms with Crippen LogP contribution in [0.4, 0.5) is 5.69 Å². The van der Waals surface area contributed by atoms with Crippen molar-refractivity contribution in [1.82, 2.24) is 10.2 Å². The molecule has 9 heteroatoms. The van der Waals surface area contributed by atoms with Gasteiger partial charge in [-0.15, -0.1) is 0 Å². The van der Waals surface area contributed by atoms with E-state index in [2.05, 4.69) is 5.32 Å². The van der Waals surface area contributed by atoms with Crippen molar-refractivity contribution in [1.29, 1.82) is 0 Å². The first kappa shape index (κ1) is 27.2. The molecule has 186 valence electrons. The van der Waals surface area contributed by atoms with E-state index in [-0.39, 0.29) is 18.5 Å². The summed E-state index contributed by atoms with van der Waals surface area (Å²) in [6, 6.07) is 13.2. The Morgan fingerprint density at radius 3 is 2.18 bits per heavy atom. The zero-order chi connectivity index (χ0) is 25.5. The summed E-state index contributed by atoms with van der Waals surface area (Å²) in [4.78, 5) is 28.1. The molecule has 2 aromatic carbocycles. The average molecular weight is 490 g/mol. The summed E-state index contributed by atoms with van der Waals surface area (Å²) < 4.78 is 31.4. The van der Waals surface area contributed by atoms with E-state index in [1.807, 2.05) is 52.0 Å². The van der Waals surface area contributed by atoms with E-state index in [4.69, 9.17) is 4.74 Å². The fourth-order valence-electron chi connectivity index (χ4n) is 3.63. The number of hydrogen-bond donors (Lipinski definition) is 1. The van der Waals surface area contributed by atoms with E-state index < -0.39 is 28.5 Å². The lowest BCUT2D eigenvalue weighted by Gasteiger charge is -2.33. The SMILES string of the molecule is CCC(C(=O)NC(C)C)N(Cc1ccccc1C)C(=O)CN(c1ccc(OC)cc1)S(C)(=O)=O. The van der Waals surface area contributed by atoms with Crippen LogP contribution in [-0.2, 0) is 26.2 Å². The first-order valence-corrected chi connectivity index (χ1v) is 13.1. The van der Waals surface area contributed by atoms with Crippen molar-refractivity contribution in [2.24, 2.45) is 0 Å². The fraction of sp³-hybridized carbons (Fsp3) is 0.440. The number of rotatable bonds is 11. The van der Waals surface area contributed by atoms with Gasteiger partial charge < -0.3 is 15.0 Å². The molecular formula is C25H35N3O5S. The summed E-state index contributed by atoms with van der Waals surface area (Å²) in [6.07, 6.45) is 1.44. The van der Waals surface area contributed by atoms with Crippen LogP contribution in [0.15, 0.2) is 48.5 Å². The number of carbonyl (C=O) groups excluding carboxylic acids is 2. The minimum Gasteiger partial charge on any atom is -0.497 e. The molecule has 1 atom stereocenters. The van der Waals surface area contributed by atoms with Gasteiger partial charge >= 0.3 is 0 Å². The number of sulfonamides is 1. The van der Waals surface area contributed by atoms with Crippen LogP contribution in [0.5, 0.6) is 5.75 Å². The molecule has 1 N–H and O–H groups in total. The smallest absolute Gasteiger partial charge is 0.244 e. The number of benzene rings is 2. The molecule has 2 amide bonds. The molecule has 0 aliphatic carbocycles. The fourth-order valence-corrected chi connectivity index (χ4v) is 4.48. The highest BCUT2D eigenvalue weighted by Gasteiger charge is 2.32. The van der Waals surface area contributed by atoms with Crippen LogP contribution in [-0.4, -0.2) is 57.1 Å². The third-order valence-electron chi connectivity index (χ3n) is 5.46. The quantitative estimate of drug-likeness (QED) is 0.523. The van der Waals surface area contributed by atoms with Crippen LogP contribution < -0.4 is 14.4 Å². The Morgan fingerprint density at radius 2 is 1.68 bits per heavy atom. The number of hydrogen-bond acceptors (Lipinski definition) is 5. The summed E-state index contributed by atoms with van der Waals surface area (Å²) in [6.45, 7) is 7.24. The largest absolute Gasteiger partial charge is 0.497 e. The number of anilines is 1. The third kappa shape index (κ3) is 7.21. The van der Waals surface area contributed by atoms with Gasteiger partial charge in [0.05, 0.1) is 19.1 Å². The minimum atomic E-state index is -3.77. The van der Waals surface area contributed by atoms with Crippen LogP contribution in [0.3, 0.4) is 0 Å². The maximum absolute atomic E-state index is 13.6. The second-order valence-electron chi connectivity index (χ2n) is 8.50. The summed E-state index contributed by atoms with van der Waals surface area (Å²) in [5.74, 6) is -0.161. The molecule has 0 bridgehead atoms.